The summed E-state index contributed by atoms with van der Waals surface area (Å²) in [4.78, 5) is 32.3. The monoisotopic (exact) mass is 511 g/mol. The number of hydrogen-bond acceptors (Lipinski definition) is 6. The Hall–Kier alpha value is -3.56. The van der Waals surface area contributed by atoms with Crippen LogP contribution in [0.25, 0.3) is 0 Å². The van der Waals surface area contributed by atoms with E-state index in [9.17, 15) is 14.0 Å². The molecule has 0 unspecified atom stereocenters. The zero-order valence-electron chi connectivity index (χ0n) is 18.2. The molecule has 178 valence electrons. The van der Waals surface area contributed by atoms with Gasteiger partial charge in [0.2, 0.25) is 18.6 Å². The van der Waals surface area contributed by atoms with Gasteiger partial charge in [0.15, 0.2) is 16.7 Å². The lowest BCUT2D eigenvalue weighted by molar-refractivity contribution is -0.129. The average Bonchev–Trinajstić information content (AvgIpc) is 3.32. The molecule has 5 rings (SSSR count). The van der Waals surface area contributed by atoms with Crippen molar-refractivity contribution in [1.29, 1.82) is 0 Å². The van der Waals surface area contributed by atoms with E-state index < -0.39 is 11.1 Å². The number of carbonyl (C=O) groups excluding carboxylic acids is 2. The number of nitrogens with one attached hydrogen (secondary N) is 1. The number of ether oxygens (including phenoxy) is 2. The van der Waals surface area contributed by atoms with Gasteiger partial charge in [0.25, 0.3) is 0 Å². The van der Waals surface area contributed by atoms with Crippen molar-refractivity contribution in [3.63, 3.8) is 0 Å². The summed E-state index contributed by atoms with van der Waals surface area (Å²) in [5.41, 5.74) is 1.86. The van der Waals surface area contributed by atoms with Gasteiger partial charge in [0.1, 0.15) is 11.1 Å². The van der Waals surface area contributed by atoms with Crippen LogP contribution >= 0.6 is 23.4 Å². The Morgan fingerprint density at radius 2 is 1.83 bits per heavy atom. The van der Waals surface area contributed by atoms with Crippen molar-refractivity contribution in [2.24, 2.45) is 4.99 Å². The molecule has 2 heterocycles. The molecule has 10 heteroatoms. The molecule has 0 aliphatic carbocycles. The first-order valence-electron chi connectivity index (χ1n) is 10.7. The first kappa shape index (κ1) is 23.2. The van der Waals surface area contributed by atoms with Crippen LogP contribution in [0.5, 0.6) is 11.5 Å². The second kappa shape index (κ2) is 9.97. The fourth-order valence-electron chi connectivity index (χ4n) is 3.60. The minimum absolute atomic E-state index is 0.00290. The first-order chi connectivity index (χ1) is 16.9. The summed E-state index contributed by atoms with van der Waals surface area (Å²) >= 11 is 7.10. The third-order valence-corrected chi connectivity index (χ3v) is 6.81. The molecule has 1 atom stereocenters. The van der Waals surface area contributed by atoms with E-state index >= 15 is 0 Å². The number of fused-ring (bicyclic) bond motifs is 1. The van der Waals surface area contributed by atoms with Gasteiger partial charge in [0.05, 0.1) is 12.2 Å². The molecule has 0 spiro atoms. The molecular weight excluding hydrogens is 493 g/mol. The molecule has 3 aromatic carbocycles. The summed E-state index contributed by atoms with van der Waals surface area (Å²) < 4.78 is 24.2. The van der Waals surface area contributed by atoms with Crippen LogP contribution in [0.2, 0.25) is 5.02 Å². The molecule has 1 saturated heterocycles. The van der Waals surface area contributed by atoms with E-state index in [-0.39, 0.29) is 31.6 Å². The molecule has 0 aromatic heterocycles. The van der Waals surface area contributed by atoms with Crippen LogP contribution in [-0.2, 0) is 16.1 Å². The van der Waals surface area contributed by atoms with E-state index in [1.807, 2.05) is 12.1 Å². The molecule has 3 aromatic rings. The van der Waals surface area contributed by atoms with Crippen LogP contribution in [-0.4, -0.2) is 33.9 Å². The third kappa shape index (κ3) is 5.41. The standard InChI is InChI=1S/C25H19ClFN3O4S/c26-16-2-6-18(7-3-16)28-24(32)22-12-23(31)30(13-15-1-10-20-21(11-15)34-14-33-20)25(35-22)29-19-8-4-17(27)5-9-19/h1-11,22H,12-14H2,(H,28,32)/t22-/m1/s1. The Morgan fingerprint density at radius 3 is 2.60 bits per heavy atom. The maximum absolute atomic E-state index is 13.4. The highest BCUT2D eigenvalue weighted by molar-refractivity contribution is 8.15. The smallest absolute Gasteiger partial charge is 0.238 e. The van der Waals surface area contributed by atoms with Gasteiger partial charge in [-0.05, 0) is 66.2 Å². The van der Waals surface area contributed by atoms with Crippen LogP contribution in [0, 0.1) is 5.82 Å². The zero-order chi connectivity index (χ0) is 24.4. The number of nitrogens with zero attached hydrogens (tertiary/aromatic N) is 2. The quantitative estimate of drug-likeness (QED) is 0.498. The molecule has 7 nitrogen and oxygen atoms in total. The third-order valence-electron chi connectivity index (χ3n) is 5.37. The van der Waals surface area contributed by atoms with Gasteiger partial charge >= 0.3 is 0 Å². The van der Waals surface area contributed by atoms with Crippen molar-refractivity contribution in [3.05, 3.63) is 83.1 Å². The predicted octanol–water partition coefficient (Wildman–Crippen LogP) is 5.37. The number of aliphatic imine (C=N–C) groups is 1. The van der Waals surface area contributed by atoms with Crippen molar-refractivity contribution in [2.75, 3.05) is 12.1 Å². The van der Waals surface area contributed by atoms with Crippen molar-refractivity contribution in [1.82, 2.24) is 4.90 Å². The van der Waals surface area contributed by atoms with Crippen molar-refractivity contribution < 1.29 is 23.5 Å². The van der Waals surface area contributed by atoms with E-state index in [1.165, 1.54) is 40.9 Å². The Bertz CT molecular complexity index is 1300. The Kier molecular flexibility index (Phi) is 6.61. The molecule has 2 amide bonds. The summed E-state index contributed by atoms with van der Waals surface area (Å²) in [6.07, 6.45) is -0.00290. The van der Waals surface area contributed by atoms with Gasteiger partial charge < -0.3 is 14.8 Å². The summed E-state index contributed by atoms with van der Waals surface area (Å²) in [7, 11) is 0. The highest BCUT2D eigenvalue weighted by atomic mass is 35.5. The lowest BCUT2D eigenvalue weighted by Crippen LogP contribution is -2.44. The molecule has 0 saturated carbocycles. The normalized spacial score (nSPS) is 18.1. The number of benzene rings is 3. The van der Waals surface area contributed by atoms with Crippen molar-refractivity contribution >= 4 is 51.7 Å². The molecular formula is C25H19ClFN3O4S. The Balaban J connectivity index is 1.40. The van der Waals surface area contributed by atoms with Gasteiger partial charge in [-0.15, -0.1) is 0 Å². The number of amidine groups is 1. The van der Waals surface area contributed by atoms with Gasteiger partial charge in [-0.2, -0.15) is 0 Å². The largest absolute Gasteiger partial charge is 0.454 e. The molecule has 2 aliphatic rings. The summed E-state index contributed by atoms with van der Waals surface area (Å²) in [6, 6.07) is 17.8. The topological polar surface area (TPSA) is 80.2 Å². The minimum atomic E-state index is -0.689. The molecule has 0 bridgehead atoms. The number of carbonyl (C=O) groups is 2. The molecule has 1 fully saturated rings. The Labute approximate surface area is 209 Å². The number of rotatable bonds is 5. The SMILES string of the molecule is O=C(Nc1ccc(Cl)cc1)[C@H]1CC(=O)N(Cc2ccc3c(c2)OCO3)C(=Nc2ccc(F)cc2)S1. The zero-order valence-corrected chi connectivity index (χ0v) is 19.8. The molecule has 0 radical (unpaired) electrons. The highest BCUT2D eigenvalue weighted by Gasteiger charge is 2.36. The van der Waals surface area contributed by atoms with Crippen LogP contribution in [0.3, 0.4) is 0 Å². The Morgan fingerprint density at radius 1 is 1.09 bits per heavy atom. The fourth-order valence-corrected chi connectivity index (χ4v) is 4.82. The van der Waals surface area contributed by atoms with Gasteiger partial charge in [-0.25, -0.2) is 9.38 Å². The lowest BCUT2D eigenvalue weighted by Gasteiger charge is -2.32. The van der Waals surface area contributed by atoms with Crippen LogP contribution in [0.4, 0.5) is 15.8 Å². The van der Waals surface area contributed by atoms with E-state index in [1.54, 1.807) is 30.3 Å². The number of amides is 2. The summed E-state index contributed by atoms with van der Waals surface area (Å²) in [5.74, 6) is 0.293. The maximum atomic E-state index is 13.4. The van der Waals surface area contributed by atoms with Crippen molar-refractivity contribution in [3.8, 4) is 11.5 Å². The molecule has 1 N–H and O–H groups in total. The molecule has 35 heavy (non-hydrogen) atoms. The maximum Gasteiger partial charge on any atom is 0.238 e. The van der Waals surface area contributed by atoms with Crippen molar-refractivity contribution in [2.45, 2.75) is 18.2 Å². The number of halogens is 2. The van der Waals surface area contributed by atoms with Gasteiger partial charge in [0, 0.05) is 17.1 Å². The summed E-state index contributed by atoms with van der Waals surface area (Å²) in [6.45, 7) is 0.382. The number of hydrogen-bond donors (Lipinski definition) is 1. The molecule has 2 aliphatic heterocycles. The van der Waals surface area contributed by atoms with Crippen LogP contribution in [0.15, 0.2) is 71.7 Å². The summed E-state index contributed by atoms with van der Waals surface area (Å²) in [5, 5.41) is 3.03. The van der Waals surface area contributed by atoms with Gasteiger partial charge in [-0.1, -0.05) is 29.4 Å². The van der Waals surface area contributed by atoms with E-state index in [4.69, 9.17) is 21.1 Å². The lowest BCUT2D eigenvalue weighted by atomic mass is 10.1. The second-order valence-corrected chi connectivity index (χ2v) is 9.45. The average molecular weight is 512 g/mol. The fraction of sp³-hybridized carbons (Fsp3) is 0.160. The van der Waals surface area contributed by atoms with E-state index in [0.717, 1.165) is 5.56 Å². The van der Waals surface area contributed by atoms with Gasteiger partial charge in [-0.3, -0.25) is 14.5 Å². The minimum Gasteiger partial charge on any atom is -0.454 e. The second-order valence-electron chi connectivity index (χ2n) is 7.85. The van der Waals surface area contributed by atoms with E-state index in [0.29, 0.717) is 33.1 Å². The first-order valence-corrected chi connectivity index (χ1v) is 12.0. The predicted molar refractivity (Wildman–Crippen MR) is 133 cm³/mol. The van der Waals surface area contributed by atoms with Crippen LogP contribution in [0.1, 0.15) is 12.0 Å². The highest BCUT2D eigenvalue weighted by Crippen LogP contribution is 2.35. The number of anilines is 1. The van der Waals surface area contributed by atoms with E-state index in [2.05, 4.69) is 10.3 Å². The van der Waals surface area contributed by atoms with Crippen LogP contribution < -0.4 is 14.8 Å². The number of thioether (sulfide) groups is 1.